The number of alkyl halides is 1. The average Bonchev–Trinajstić information content (AvgIpc) is 2.76. The van der Waals surface area contributed by atoms with Gasteiger partial charge in [0.1, 0.15) is 12.2 Å². The molecule has 5 atom stereocenters. The minimum Gasteiger partial charge on any atom is -0.394 e. The van der Waals surface area contributed by atoms with Crippen molar-refractivity contribution in [2.24, 2.45) is 5.92 Å². The van der Waals surface area contributed by atoms with Gasteiger partial charge < -0.3 is 35.2 Å². The summed E-state index contributed by atoms with van der Waals surface area (Å²) in [4.78, 5) is 14.0. The summed E-state index contributed by atoms with van der Waals surface area (Å²) in [7, 11) is 0. The van der Waals surface area contributed by atoms with Gasteiger partial charge in [-0.05, 0) is 25.2 Å². The lowest BCUT2D eigenvalue weighted by atomic mass is 9.85. The fourth-order valence-electron chi connectivity index (χ4n) is 4.18. The van der Waals surface area contributed by atoms with Gasteiger partial charge >= 0.3 is 6.03 Å². The Kier molecular flexibility index (Phi) is 10.6. The van der Waals surface area contributed by atoms with E-state index in [1.54, 1.807) is 0 Å². The minimum atomic E-state index is -2.39. The molecule has 176 valence electrons. The summed E-state index contributed by atoms with van der Waals surface area (Å²) < 4.78 is 11.1. The van der Waals surface area contributed by atoms with Crippen molar-refractivity contribution in [3.63, 3.8) is 0 Å². The van der Waals surface area contributed by atoms with Gasteiger partial charge in [-0.2, -0.15) is 0 Å². The second-order valence-corrected chi connectivity index (χ2v) is 8.54. The van der Waals surface area contributed by atoms with Crippen molar-refractivity contribution in [3.05, 3.63) is 0 Å². The molecule has 10 heteroatoms. The number of urea groups is 1. The summed E-state index contributed by atoms with van der Waals surface area (Å²) in [5.41, 5.74) is -2.39. The van der Waals surface area contributed by atoms with E-state index in [0.717, 1.165) is 43.4 Å². The van der Waals surface area contributed by atoms with Crippen LogP contribution in [0.4, 0.5) is 4.79 Å². The van der Waals surface area contributed by atoms with Crippen LogP contribution in [-0.4, -0.2) is 93.9 Å². The summed E-state index contributed by atoms with van der Waals surface area (Å²) in [6.07, 6.45) is 0.538. The maximum Gasteiger partial charge on any atom is 0.319 e. The molecule has 0 unspecified atom stereocenters. The van der Waals surface area contributed by atoms with E-state index in [0.29, 0.717) is 6.42 Å². The second-order valence-electron chi connectivity index (χ2n) is 8.16. The molecule has 1 aliphatic heterocycles. The van der Waals surface area contributed by atoms with Crippen molar-refractivity contribution < 1.29 is 34.7 Å². The number of amides is 2. The van der Waals surface area contributed by atoms with Gasteiger partial charge in [0.2, 0.25) is 5.72 Å². The molecule has 1 saturated carbocycles. The Bertz CT molecular complexity index is 523. The van der Waals surface area contributed by atoms with Crippen molar-refractivity contribution in [2.45, 2.75) is 82.2 Å². The van der Waals surface area contributed by atoms with Crippen LogP contribution in [0.1, 0.15) is 51.9 Å². The molecule has 2 amide bonds. The van der Waals surface area contributed by atoms with E-state index in [1.807, 2.05) is 6.92 Å². The number of halogens is 1. The molecular formula is C20H37ClN2O7. The van der Waals surface area contributed by atoms with Crippen molar-refractivity contribution >= 4 is 17.6 Å². The zero-order chi connectivity index (χ0) is 22.1. The first kappa shape index (κ1) is 25.6. The first-order chi connectivity index (χ1) is 14.4. The third kappa shape index (κ3) is 5.97. The summed E-state index contributed by atoms with van der Waals surface area (Å²) in [5.74, 6) is 0.302. The molecule has 9 nitrogen and oxygen atoms in total. The number of aliphatic hydroxyl groups is 4. The van der Waals surface area contributed by atoms with Crippen LogP contribution in [0, 0.1) is 5.92 Å². The fraction of sp³-hybridized carbons (Fsp3) is 0.950. The van der Waals surface area contributed by atoms with Gasteiger partial charge in [-0.15, -0.1) is 11.6 Å². The molecule has 0 aromatic carbocycles. The Labute approximate surface area is 183 Å². The first-order valence-corrected chi connectivity index (χ1v) is 11.5. The van der Waals surface area contributed by atoms with E-state index in [2.05, 4.69) is 5.32 Å². The molecule has 2 aliphatic rings. The van der Waals surface area contributed by atoms with E-state index < -0.39 is 43.0 Å². The van der Waals surface area contributed by atoms with Crippen molar-refractivity contribution in [1.82, 2.24) is 10.2 Å². The summed E-state index contributed by atoms with van der Waals surface area (Å²) in [6.45, 7) is 1.96. The number of nitrogens with one attached hydrogen (secondary N) is 1. The third-order valence-corrected chi connectivity index (χ3v) is 6.15. The van der Waals surface area contributed by atoms with Gasteiger partial charge in [0.25, 0.3) is 0 Å². The minimum absolute atomic E-state index is 0.124. The van der Waals surface area contributed by atoms with Crippen LogP contribution in [0.2, 0.25) is 0 Å². The average molecular weight is 453 g/mol. The lowest BCUT2D eigenvalue weighted by Gasteiger charge is -2.52. The zero-order valence-electron chi connectivity index (χ0n) is 17.7. The third-order valence-electron chi connectivity index (χ3n) is 5.96. The molecule has 2 fully saturated rings. The number of nitrogens with zero attached hydrogens (tertiary/aromatic N) is 1. The number of aliphatic hydroxyl groups excluding tert-OH is 3. The number of carbonyl (C=O) groups is 1. The van der Waals surface area contributed by atoms with Gasteiger partial charge in [0, 0.05) is 25.6 Å². The normalized spacial score (nSPS) is 32.7. The van der Waals surface area contributed by atoms with Crippen molar-refractivity contribution in [3.8, 4) is 0 Å². The van der Waals surface area contributed by atoms with Gasteiger partial charge in [0.15, 0.2) is 12.4 Å². The quantitative estimate of drug-likeness (QED) is 0.188. The fourth-order valence-corrected chi connectivity index (χ4v) is 4.27. The van der Waals surface area contributed by atoms with E-state index in [9.17, 15) is 25.2 Å². The highest BCUT2D eigenvalue weighted by Gasteiger charge is 2.60. The van der Waals surface area contributed by atoms with E-state index in [-0.39, 0.29) is 31.5 Å². The molecule has 0 radical (unpaired) electrons. The molecular weight excluding hydrogens is 416 g/mol. The Morgan fingerprint density at radius 2 is 1.97 bits per heavy atom. The van der Waals surface area contributed by atoms with Crippen LogP contribution in [0.3, 0.4) is 0 Å². The smallest absolute Gasteiger partial charge is 0.319 e. The number of unbranched alkanes of at least 4 members (excludes halogenated alkanes) is 1. The van der Waals surface area contributed by atoms with Crippen LogP contribution in [0.25, 0.3) is 0 Å². The molecule has 0 aromatic heterocycles. The number of hydrogen-bond donors (Lipinski definition) is 5. The largest absolute Gasteiger partial charge is 0.394 e. The predicted octanol–water partition coefficient (Wildman–Crippen LogP) is 0.761. The molecule has 30 heavy (non-hydrogen) atoms. The lowest BCUT2D eigenvalue weighted by molar-refractivity contribution is -0.359. The van der Waals surface area contributed by atoms with Crippen LogP contribution in [0.5, 0.6) is 0 Å². The van der Waals surface area contributed by atoms with Gasteiger partial charge in [0.05, 0.1) is 6.61 Å². The second kappa shape index (κ2) is 12.4. The molecule has 1 saturated heterocycles. The molecule has 1 aliphatic carbocycles. The highest BCUT2D eigenvalue weighted by Crippen LogP contribution is 2.36. The zero-order valence-corrected chi connectivity index (χ0v) is 18.5. The molecule has 0 aromatic rings. The van der Waals surface area contributed by atoms with Crippen LogP contribution in [-0.2, 0) is 9.47 Å². The number of rotatable bonds is 10. The number of ether oxygens (including phenoxy) is 2. The van der Waals surface area contributed by atoms with Gasteiger partial charge in [-0.1, -0.05) is 32.6 Å². The number of carbonyl (C=O) groups excluding carboxylic acids is 1. The molecule has 5 N–H and O–H groups in total. The monoisotopic (exact) mass is 452 g/mol. The molecule has 0 spiro atoms. The SMILES string of the molecule is CCCCO[C@H]1O[C@H](CO)[C@@H](O)[C@](O)(N(CC2CCCCC2)C(=O)NCCCl)[C@H]1O. The number of hydrogen-bond acceptors (Lipinski definition) is 7. The van der Waals surface area contributed by atoms with Crippen LogP contribution in [0.15, 0.2) is 0 Å². The highest BCUT2D eigenvalue weighted by molar-refractivity contribution is 6.18. The molecule has 0 bridgehead atoms. The first-order valence-electron chi connectivity index (χ1n) is 11.0. The Balaban J connectivity index is 2.31. The Morgan fingerprint density at radius 3 is 2.57 bits per heavy atom. The maximum absolute atomic E-state index is 13.0. The van der Waals surface area contributed by atoms with Gasteiger partial charge in [-0.25, -0.2) is 4.79 Å². The van der Waals surface area contributed by atoms with Crippen molar-refractivity contribution in [1.29, 1.82) is 0 Å². The van der Waals surface area contributed by atoms with Crippen LogP contribution >= 0.6 is 11.6 Å². The van der Waals surface area contributed by atoms with Crippen LogP contribution < -0.4 is 5.32 Å². The predicted molar refractivity (Wildman–Crippen MR) is 111 cm³/mol. The van der Waals surface area contributed by atoms with E-state index in [4.69, 9.17) is 21.1 Å². The van der Waals surface area contributed by atoms with Crippen molar-refractivity contribution in [2.75, 3.05) is 32.2 Å². The Hall–Kier alpha value is -0.680. The standard InChI is InChI=1S/C20H37ClN2O7/c1-2-3-11-29-18-17(26)20(28,16(25)15(13-24)30-18)23(19(27)22-10-9-21)12-14-7-5-4-6-8-14/h14-18,24-26,28H,2-13H2,1H3,(H,22,27)/t15-,16-,17+,18+,20-/m1/s1. The summed E-state index contributed by atoms with van der Waals surface area (Å²) in [5, 5.41) is 45.6. The maximum atomic E-state index is 13.0. The molecule has 1 heterocycles. The Morgan fingerprint density at radius 1 is 1.27 bits per heavy atom. The summed E-state index contributed by atoms with van der Waals surface area (Å²) in [6, 6.07) is -0.646. The summed E-state index contributed by atoms with van der Waals surface area (Å²) >= 11 is 5.69. The van der Waals surface area contributed by atoms with Gasteiger partial charge in [-0.3, -0.25) is 4.90 Å². The topological polar surface area (TPSA) is 132 Å². The lowest BCUT2D eigenvalue weighted by Crippen LogP contribution is -2.76. The van der Waals surface area contributed by atoms with E-state index >= 15 is 0 Å². The molecule has 2 rings (SSSR count). The van der Waals surface area contributed by atoms with E-state index in [1.165, 1.54) is 0 Å². The highest BCUT2D eigenvalue weighted by atomic mass is 35.5.